The van der Waals surface area contributed by atoms with Crippen molar-refractivity contribution in [1.82, 2.24) is 4.72 Å². The van der Waals surface area contributed by atoms with Crippen LogP contribution in [0.3, 0.4) is 0 Å². The SMILES string of the molecule is CCSC1CCCC1NS(=O)(=O)c1c(C)cccc1N. The summed E-state index contributed by atoms with van der Waals surface area (Å²) in [7, 11) is -3.54. The molecule has 4 nitrogen and oxygen atoms in total. The lowest BCUT2D eigenvalue weighted by atomic mass is 10.2. The van der Waals surface area contributed by atoms with Gasteiger partial charge >= 0.3 is 0 Å². The zero-order chi connectivity index (χ0) is 14.8. The lowest BCUT2D eigenvalue weighted by Gasteiger charge is -2.21. The van der Waals surface area contributed by atoms with Crippen LogP contribution in [0, 0.1) is 6.92 Å². The maximum Gasteiger partial charge on any atom is 0.243 e. The Morgan fingerprint density at radius 1 is 1.40 bits per heavy atom. The summed E-state index contributed by atoms with van der Waals surface area (Å²) in [5.74, 6) is 1.01. The summed E-state index contributed by atoms with van der Waals surface area (Å²) in [6.45, 7) is 3.88. The molecule has 1 aliphatic rings. The zero-order valence-corrected chi connectivity index (χ0v) is 13.6. The summed E-state index contributed by atoms with van der Waals surface area (Å²) < 4.78 is 28.0. The van der Waals surface area contributed by atoms with Gasteiger partial charge in [-0.05, 0) is 37.1 Å². The average Bonchev–Trinajstić information content (AvgIpc) is 2.76. The lowest BCUT2D eigenvalue weighted by Crippen LogP contribution is -2.39. The van der Waals surface area contributed by atoms with Crippen LogP contribution in [0.25, 0.3) is 0 Å². The molecule has 0 radical (unpaired) electrons. The second-order valence-corrected chi connectivity index (χ2v) is 8.31. The van der Waals surface area contributed by atoms with E-state index in [1.165, 1.54) is 0 Å². The Kier molecular flexibility index (Phi) is 4.99. The third-order valence-electron chi connectivity index (χ3n) is 3.65. The first-order valence-corrected chi connectivity index (χ1v) is 9.48. The number of thioether (sulfide) groups is 1. The van der Waals surface area contributed by atoms with Crippen LogP contribution in [0.5, 0.6) is 0 Å². The summed E-state index contributed by atoms with van der Waals surface area (Å²) in [5, 5.41) is 0.375. The molecule has 1 aliphatic carbocycles. The van der Waals surface area contributed by atoms with Crippen LogP contribution in [0.4, 0.5) is 5.69 Å². The molecular formula is C14H22N2O2S2. The summed E-state index contributed by atoms with van der Waals surface area (Å²) in [6, 6.07) is 5.20. The van der Waals surface area contributed by atoms with Crippen molar-refractivity contribution in [2.24, 2.45) is 0 Å². The Balaban J connectivity index is 2.23. The van der Waals surface area contributed by atoms with E-state index >= 15 is 0 Å². The molecular weight excluding hydrogens is 292 g/mol. The molecule has 2 rings (SSSR count). The van der Waals surface area contributed by atoms with Gasteiger partial charge in [0.15, 0.2) is 0 Å². The number of benzene rings is 1. The molecule has 0 spiro atoms. The summed E-state index contributed by atoms with van der Waals surface area (Å²) >= 11 is 1.83. The van der Waals surface area contributed by atoms with Gasteiger partial charge < -0.3 is 5.73 Å². The molecule has 0 aliphatic heterocycles. The number of sulfonamides is 1. The third kappa shape index (κ3) is 3.30. The summed E-state index contributed by atoms with van der Waals surface area (Å²) in [4.78, 5) is 0.229. The molecule has 20 heavy (non-hydrogen) atoms. The Labute approximate surface area is 125 Å². The smallest absolute Gasteiger partial charge is 0.243 e. The van der Waals surface area contributed by atoms with Gasteiger partial charge in [0.1, 0.15) is 4.90 Å². The van der Waals surface area contributed by atoms with Crippen LogP contribution in [0.2, 0.25) is 0 Å². The van der Waals surface area contributed by atoms with Crippen molar-refractivity contribution in [2.75, 3.05) is 11.5 Å². The largest absolute Gasteiger partial charge is 0.398 e. The normalized spacial score (nSPS) is 23.1. The van der Waals surface area contributed by atoms with Crippen LogP contribution in [0.15, 0.2) is 23.1 Å². The molecule has 1 saturated carbocycles. The van der Waals surface area contributed by atoms with Crippen LogP contribution < -0.4 is 10.5 Å². The van der Waals surface area contributed by atoms with Crippen molar-refractivity contribution in [2.45, 2.75) is 49.3 Å². The maximum atomic E-state index is 12.6. The predicted molar refractivity (Wildman–Crippen MR) is 85.5 cm³/mol. The van der Waals surface area contributed by atoms with Crippen molar-refractivity contribution >= 4 is 27.5 Å². The topological polar surface area (TPSA) is 72.2 Å². The first kappa shape index (κ1) is 15.7. The van der Waals surface area contributed by atoms with Gasteiger partial charge in [0.05, 0.1) is 5.69 Å². The van der Waals surface area contributed by atoms with Crippen molar-refractivity contribution in [1.29, 1.82) is 0 Å². The van der Waals surface area contributed by atoms with Crippen LogP contribution in [0.1, 0.15) is 31.7 Å². The van der Waals surface area contributed by atoms with Gasteiger partial charge in [-0.3, -0.25) is 0 Å². The van der Waals surface area contributed by atoms with E-state index in [0.29, 0.717) is 16.5 Å². The highest BCUT2D eigenvalue weighted by atomic mass is 32.2. The molecule has 6 heteroatoms. The van der Waals surface area contributed by atoms with Gasteiger partial charge in [0.25, 0.3) is 0 Å². The molecule has 0 aromatic heterocycles. The molecule has 0 saturated heterocycles. The van der Waals surface area contributed by atoms with Gasteiger partial charge in [0, 0.05) is 11.3 Å². The number of aryl methyl sites for hydroxylation is 1. The van der Waals surface area contributed by atoms with Crippen LogP contribution >= 0.6 is 11.8 Å². The fourth-order valence-corrected chi connectivity index (χ4v) is 5.73. The monoisotopic (exact) mass is 314 g/mol. The minimum Gasteiger partial charge on any atom is -0.398 e. The summed E-state index contributed by atoms with van der Waals surface area (Å²) in [5.41, 5.74) is 6.86. The molecule has 0 bridgehead atoms. The molecule has 2 unspecified atom stereocenters. The Morgan fingerprint density at radius 3 is 2.80 bits per heavy atom. The minimum atomic E-state index is -3.54. The molecule has 1 fully saturated rings. The molecule has 112 valence electrons. The number of nitrogens with two attached hydrogens (primary N) is 1. The number of anilines is 1. The van der Waals surface area contributed by atoms with Crippen molar-refractivity contribution in [3.05, 3.63) is 23.8 Å². The molecule has 0 amide bonds. The highest BCUT2D eigenvalue weighted by molar-refractivity contribution is 8.00. The number of nitrogens with one attached hydrogen (secondary N) is 1. The molecule has 1 aromatic carbocycles. The average molecular weight is 314 g/mol. The Morgan fingerprint density at radius 2 is 2.15 bits per heavy atom. The number of nitrogen functional groups attached to an aromatic ring is 1. The quantitative estimate of drug-likeness (QED) is 0.819. The molecule has 3 N–H and O–H groups in total. The Hall–Kier alpha value is -0.720. The van der Waals surface area contributed by atoms with Gasteiger partial charge in [-0.25, -0.2) is 13.1 Å². The van der Waals surface area contributed by atoms with E-state index in [9.17, 15) is 8.42 Å². The zero-order valence-electron chi connectivity index (χ0n) is 11.9. The highest BCUT2D eigenvalue weighted by Gasteiger charge is 2.32. The van der Waals surface area contributed by atoms with Crippen molar-refractivity contribution in [3.63, 3.8) is 0 Å². The highest BCUT2D eigenvalue weighted by Crippen LogP contribution is 2.32. The van der Waals surface area contributed by atoms with E-state index in [-0.39, 0.29) is 10.9 Å². The second kappa shape index (κ2) is 6.37. The maximum absolute atomic E-state index is 12.6. The molecule has 2 atom stereocenters. The van der Waals surface area contributed by atoms with Crippen molar-refractivity contribution < 1.29 is 8.42 Å². The molecule has 1 aromatic rings. The lowest BCUT2D eigenvalue weighted by molar-refractivity contribution is 0.555. The number of rotatable bonds is 5. The van der Waals surface area contributed by atoms with E-state index in [1.807, 2.05) is 11.8 Å². The second-order valence-electron chi connectivity index (χ2n) is 5.15. The fourth-order valence-electron chi connectivity index (χ4n) is 2.77. The Bertz CT molecular complexity index is 552. The minimum absolute atomic E-state index is 0.0176. The number of hydrogen-bond acceptors (Lipinski definition) is 4. The van der Waals surface area contributed by atoms with Gasteiger partial charge in [-0.2, -0.15) is 11.8 Å². The standard InChI is InChI=1S/C14H22N2O2S2/c1-3-19-13-9-5-8-12(13)16-20(17,18)14-10(2)6-4-7-11(14)15/h4,6-7,12-13,16H,3,5,8-9,15H2,1-2H3. The van der Waals surface area contributed by atoms with E-state index in [1.54, 1.807) is 25.1 Å². The number of hydrogen-bond donors (Lipinski definition) is 2. The van der Waals surface area contributed by atoms with E-state index in [0.717, 1.165) is 25.0 Å². The van der Waals surface area contributed by atoms with E-state index in [4.69, 9.17) is 5.73 Å². The van der Waals surface area contributed by atoms with Gasteiger partial charge in [-0.15, -0.1) is 0 Å². The van der Waals surface area contributed by atoms with Crippen LogP contribution in [-0.4, -0.2) is 25.5 Å². The fraction of sp³-hybridized carbons (Fsp3) is 0.571. The van der Waals surface area contributed by atoms with Crippen molar-refractivity contribution in [3.8, 4) is 0 Å². The third-order valence-corrected chi connectivity index (χ3v) is 6.68. The first-order valence-electron chi connectivity index (χ1n) is 6.94. The summed E-state index contributed by atoms with van der Waals surface area (Å²) in [6.07, 6.45) is 3.06. The predicted octanol–water partition coefficient (Wildman–Crippen LogP) is 2.53. The van der Waals surface area contributed by atoms with Crippen LogP contribution in [-0.2, 0) is 10.0 Å². The van der Waals surface area contributed by atoms with E-state index < -0.39 is 10.0 Å². The van der Waals surface area contributed by atoms with Gasteiger partial charge in [0.2, 0.25) is 10.0 Å². The van der Waals surface area contributed by atoms with Gasteiger partial charge in [-0.1, -0.05) is 25.5 Å². The van der Waals surface area contributed by atoms with E-state index in [2.05, 4.69) is 11.6 Å². The molecule has 0 heterocycles. The first-order chi connectivity index (χ1) is 9.45.